The Balaban J connectivity index is 3.31. The van der Waals surface area contributed by atoms with Crippen LogP contribution in [0.4, 0.5) is 0 Å². The number of hydrogen-bond acceptors (Lipinski definition) is 2. The Hall–Kier alpha value is -1.18. The van der Waals surface area contributed by atoms with E-state index in [9.17, 15) is 5.11 Å². The van der Waals surface area contributed by atoms with Crippen LogP contribution < -0.4 is 4.74 Å². The smallest absolute Gasteiger partial charge is 0.126 e. The molecule has 0 atom stereocenters. The predicted octanol–water partition coefficient (Wildman–Crippen LogP) is 5.04. The Morgan fingerprint density at radius 3 is 2.00 bits per heavy atom. The lowest BCUT2D eigenvalue weighted by atomic mass is 9.93. The first kappa shape index (κ1) is 16.9. The van der Waals surface area contributed by atoms with Gasteiger partial charge in [0.15, 0.2) is 0 Å². The zero-order valence-corrected chi connectivity index (χ0v) is 13.6. The molecule has 1 N–H and O–H groups in total. The minimum Gasteiger partial charge on any atom is -0.508 e. The third-order valence-electron chi connectivity index (χ3n) is 3.52. The molecule has 1 aromatic carbocycles. The van der Waals surface area contributed by atoms with Crippen LogP contribution in [0, 0.1) is 0 Å². The van der Waals surface area contributed by atoms with Gasteiger partial charge in [0.1, 0.15) is 11.5 Å². The predicted molar refractivity (Wildman–Crippen MR) is 85.9 cm³/mol. The largest absolute Gasteiger partial charge is 0.508 e. The van der Waals surface area contributed by atoms with Crippen molar-refractivity contribution in [3.63, 3.8) is 0 Å². The second-order valence-electron chi connectivity index (χ2n) is 5.44. The zero-order valence-electron chi connectivity index (χ0n) is 13.6. The molecule has 0 saturated heterocycles. The van der Waals surface area contributed by atoms with Gasteiger partial charge in [0, 0.05) is 11.1 Å². The molecule has 0 radical (unpaired) electrons. The number of ether oxygens (including phenoxy) is 1. The van der Waals surface area contributed by atoms with Crippen molar-refractivity contribution >= 4 is 0 Å². The van der Waals surface area contributed by atoms with Gasteiger partial charge in [0.25, 0.3) is 0 Å². The first-order chi connectivity index (χ1) is 9.69. The van der Waals surface area contributed by atoms with Crippen molar-refractivity contribution in [3.8, 4) is 11.5 Å². The third kappa shape index (κ3) is 4.16. The van der Waals surface area contributed by atoms with Crippen molar-refractivity contribution in [3.05, 3.63) is 22.8 Å². The normalized spacial score (nSPS) is 10.8. The van der Waals surface area contributed by atoms with Gasteiger partial charge in [-0.2, -0.15) is 0 Å². The van der Waals surface area contributed by atoms with Crippen LogP contribution in [0.25, 0.3) is 0 Å². The standard InChI is InChI=1S/C18H30O2/c1-5-9-14-13-17(19)15(10-6-2)16(11-7-3)18(14)20-12-8-4/h13,19H,5-12H2,1-4H3. The van der Waals surface area contributed by atoms with E-state index in [0.717, 1.165) is 62.9 Å². The average molecular weight is 278 g/mol. The Morgan fingerprint density at radius 1 is 0.850 bits per heavy atom. The van der Waals surface area contributed by atoms with E-state index in [1.807, 2.05) is 6.07 Å². The van der Waals surface area contributed by atoms with E-state index in [2.05, 4.69) is 27.7 Å². The highest BCUT2D eigenvalue weighted by Gasteiger charge is 2.17. The van der Waals surface area contributed by atoms with Crippen molar-refractivity contribution in [1.29, 1.82) is 0 Å². The fourth-order valence-electron chi connectivity index (χ4n) is 2.69. The Morgan fingerprint density at radius 2 is 1.45 bits per heavy atom. The molecule has 0 aliphatic rings. The molecule has 0 aliphatic carbocycles. The second-order valence-corrected chi connectivity index (χ2v) is 5.44. The third-order valence-corrected chi connectivity index (χ3v) is 3.52. The molecule has 0 saturated carbocycles. The van der Waals surface area contributed by atoms with Gasteiger partial charge >= 0.3 is 0 Å². The van der Waals surface area contributed by atoms with Gasteiger partial charge in [-0.3, -0.25) is 0 Å². The molecule has 0 fully saturated rings. The first-order valence-electron chi connectivity index (χ1n) is 8.18. The van der Waals surface area contributed by atoms with E-state index in [-0.39, 0.29) is 0 Å². The molecule has 1 aromatic rings. The lowest BCUT2D eigenvalue weighted by Crippen LogP contribution is -2.06. The number of phenols is 1. The molecule has 0 aliphatic heterocycles. The van der Waals surface area contributed by atoms with Crippen LogP contribution in [0.5, 0.6) is 11.5 Å². The van der Waals surface area contributed by atoms with E-state index >= 15 is 0 Å². The number of hydrogen-bond donors (Lipinski definition) is 1. The molecule has 0 heterocycles. The van der Waals surface area contributed by atoms with Crippen LogP contribution in [0.2, 0.25) is 0 Å². The molecule has 2 nitrogen and oxygen atoms in total. The highest BCUT2D eigenvalue weighted by molar-refractivity contribution is 5.53. The summed E-state index contributed by atoms with van der Waals surface area (Å²) in [6.45, 7) is 9.39. The summed E-state index contributed by atoms with van der Waals surface area (Å²) in [5.41, 5.74) is 3.51. The first-order valence-corrected chi connectivity index (χ1v) is 8.18. The lowest BCUT2D eigenvalue weighted by molar-refractivity contribution is 0.309. The minimum atomic E-state index is 0.461. The van der Waals surface area contributed by atoms with Crippen molar-refractivity contribution < 1.29 is 9.84 Å². The Kier molecular flexibility index (Phi) is 7.50. The molecule has 0 amide bonds. The van der Waals surface area contributed by atoms with Crippen LogP contribution in [0.1, 0.15) is 70.1 Å². The van der Waals surface area contributed by atoms with E-state index in [4.69, 9.17) is 4.74 Å². The lowest BCUT2D eigenvalue weighted by Gasteiger charge is -2.20. The van der Waals surface area contributed by atoms with Gasteiger partial charge in [-0.15, -0.1) is 0 Å². The summed E-state index contributed by atoms with van der Waals surface area (Å²) < 4.78 is 6.05. The Labute approximate surface area is 124 Å². The number of phenolic OH excluding ortho intramolecular Hbond substituents is 1. The van der Waals surface area contributed by atoms with E-state index in [0.29, 0.717) is 5.75 Å². The molecule has 0 unspecified atom stereocenters. The molecule has 0 aromatic heterocycles. The zero-order chi connectivity index (χ0) is 15.0. The molecule has 20 heavy (non-hydrogen) atoms. The maximum atomic E-state index is 10.4. The summed E-state index contributed by atoms with van der Waals surface area (Å²) in [6.07, 6.45) is 7.09. The van der Waals surface area contributed by atoms with Crippen molar-refractivity contribution in [2.24, 2.45) is 0 Å². The Bertz CT molecular complexity index is 410. The van der Waals surface area contributed by atoms with Crippen LogP contribution in [0.3, 0.4) is 0 Å². The highest BCUT2D eigenvalue weighted by Crippen LogP contribution is 2.36. The van der Waals surface area contributed by atoms with Gasteiger partial charge in [0.05, 0.1) is 6.61 Å². The summed E-state index contributed by atoms with van der Waals surface area (Å²) >= 11 is 0. The summed E-state index contributed by atoms with van der Waals surface area (Å²) in [5, 5.41) is 10.4. The topological polar surface area (TPSA) is 29.5 Å². The van der Waals surface area contributed by atoms with Gasteiger partial charge in [-0.05, 0) is 37.3 Å². The number of benzene rings is 1. The van der Waals surface area contributed by atoms with Gasteiger partial charge < -0.3 is 9.84 Å². The number of aromatic hydroxyl groups is 1. The average Bonchev–Trinajstić information content (AvgIpc) is 2.43. The molecule has 0 spiro atoms. The van der Waals surface area contributed by atoms with E-state index in [1.54, 1.807) is 0 Å². The summed E-state index contributed by atoms with van der Waals surface area (Å²) in [6, 6.07) is 1.93. The van der Waals surface area contributed by atoms with Gasteiger partial charge in [0.2, 0.25) is 0 Å². The van der Waals surface area contributed by atoms with E-state index in [1.165, 1.54) is 11.1 Å². The fraction of sp³-hybridized carbons (Fsp3) is 0.667. The van der Waals surface area contributed by atoms with E-state index < -0.39 is 0 Å². The number of aryl methyl sites for hydroxylation is 1. The highest BCUT2D eigenvalue weighted by atomic mass is 16.5. The van der Waals surface area contributed by atoms with Crippen molar-refractivity contribution in [1.82, 2.24) is 0 Å². The maximum Gasteiger partial charge on any atom is 0.126 e. The SMILES string of the molecule is CCCOc1c(CCC)cc(O)c(CCC)c1CCC. The minimum absolute atomic E-state index is 0.461. The molecular formula is C18H30O2. The maximum absolute atomic E-state index is 10.4. The summed E-state index contributed by atoms with van der Waals surface area (Å²) in [7, 11) is 0. The monoisotopic (exact) mass is 278 g/mol. The number of rotatable bonds is 9. The summed E-state index contributed by atoms with van der Waals surface area (Å²) in [5.74, 6) is 1.51. The molecule has 0 bridgehead atoms. The van der Waals surface area contributed by atoms with Crippen LogP contribution in [-0.4, -0.2) is 11.7 Å². The molecular weight excluding hydrogens is 248 g/mol. The quantitative estimate of drug-likeness (QED) is 0.686. The van der Waals surface area contributed by atoms with Crippen LogP contribution >= 0.6 is 0 Å². The summed E-state index contributed by atoms with van der Waals surface area (Å²) in [4.78, 5) is 0. The van der Waals surface area contributed by atoms with Crippen LogP contribution in [0.15, 0.2) is 6.07 Å². The molecule has 114 valence electrons. The second kappa shape index (κ2) is 8.89. The van der Waals surface area contributed by atoms with Gasteiger partial charge in [-0.1, -0.05) is 47.0 Å². The fourth-order valence-corrected chi connectivity index (χ4v) is 2.69. The molecule has 2 heteroatoms. The van der Waals surface area contributed by atoms with Crippen LogP contribution in [-0.2, 0) is 19.3 Å². The van der Waals surface area contributed by atoms with Crippen molar-refractivity contribution in [2.75, 3.05) is 6.61 Å². The molecule has 1 rings (SSSR count). The van der Waals surface area contributed by atoms with Gasteiger partial charge in [-0.25, -0.2) is 0 Å². The van der Waals surface area contributed by atoms with Crippen molar-refractivity contribution in [2.45, 2.75) is 72.6 Å².